The summed E-state index contributed by atoms with van der Waals surface area (Å²) in [5.41, 5.74) is 0.335. The fourth-order valence-electron chi connectivity index (χ4n) is 4.42. The van der Waals surface area contributed by atoms with Crippen LogP contribution < -0.4 is 9.62 Å². The highest BCUT2D eigenvalue weighted by Gasteiger charge is 2.42. The molecule has 0 fully saturated rings. The highest BCUT2D eigenvalue weighted by Crippen LogP contribution is 2.39. The predicted octanol–water partition coefficient (Wildman–Crippen LogP) is 4.56. The molecular weight excluding hydrogens is 521 g/mol. The minimum absolute atomic E-state index is 0.0697. The number of alkyl halides is 3. The summed E-state index contributed by atoms with van der Waals surface area (Å²) in [6.45, 7) is 0.155. The molecule has 1 N–H and O–H groups in total. The number of hydrogen-bond acceptors (Lipinski definition) is 5. The van der Waals surface area contributed by atoms with E-state index in [9.17, 15) is 31.2 Å². The van der Waals surface area contributed by atoms with Gasteiger partial charge in [0.1, 0.15) is 6.04 Å². The van der Waals surface area contributed by atoms with Gasteiger partial charge in [0, 0.05) is 19.4 Å². The molecule has 200 valence electrons. The van der Waals surface area contributed by atoms with E-state index in [1.807, 2.05) is 0 Å². The Kier molecular flexibility index (Phi) is 7.77. The van der Waals surface area contributed by atoms with Crippen LogP contribution in [0.3, 0.4) is 0 Å². The van der Waals surface area contributed by atoms with Crippen LogP contribution in [-0.2, 0) is 36.9 Å². The first-order valence-electron chi connectivity index (χ1n) is 11.8. The van der Waals surface area contributed by atoms with Gasteiger partial charge >= 0.3 is 12.1 Å². The molecular formula is C27H25F3N2O5S. The summed E-state index contributed by atoms with van der Waals surface area (Å²) in [5, 5.41) is 2.68. The highest BCUT2D eigenvalue weighted by atomic mass is 32.2. The van der Waals surface area contributed by atoms with E-state index in [1.54, 1.807) is 24.3 Å². The first kappa shape index (κ1) is 27.2. The van der Waals surface area contributed by atoms with Crippen LogP contribution in [0.4, 0.5) is 18.9 Å². The van der Waals surface area contributed by atoms with Gasteiger partial charge in [0.15, 0.2) is 0 Å². The van der Waals surface area contributed by atoms with E-state index in [2.05, 4.69) is 10.1 Å². The molecule has 0 aromatic heterocycles. The molecule has 7 nitrogen and oxygen atoms in total. The second-order valence-corrected chi connectivity index (χ2v) is 10.5. The molecule has 0 unspecified atom stereocenters. The Morgan fingerprint density at radius 2 is 1.66 bits per heavy atom. The lowest BCUT2D eigenvalue weighted by molar-refractivity contribution is -0.141. The SMILES string of the molecule is COC(=O)CCCNC(=O)[C@@H]1Cc2ccccc2N1S(=O)(=O)c1ccc(-c2ccccc2C(F)(F)F)cc1. The summed E-state index contributed by atoms with van der Waals surface area (Å²) in [5.74, 6) is -0.941. The molecule has 0 saturated heterocycles. The van der Waals surface area contributed by atoms with Gasteiger partial charge in [0.2, 0.25) is 5.91 Å². The van der Waals surface area contributed by atoms with Gasteiger partial charge in [0.25, 0.3) is 10.0 Å². The number of halogens is 3. The van der Waals surface area contributed by atoms with Crippen LogP contribution in [0.1, 0.15) is 24.0 Å². The van der Waals surface area contributed by atoms with Gasteiger partial charge in [0.05, 0.1) is 23.3 Å². The summed E-state index contributed by atoms with van der Waals surface area (Å²) < 4.78 is 73.5. The topological polar surface area (TPSA) is 92.8 Å². The van der Waals surface area contributed by atoms with Gasteiger partial charge in [-0.15, -0.1) is 0 Å². The van der Waals surface area contributed by atoms with Gasteiger partial charge < -0.3 is 10.1 Å². The lowest BCUT2D eigenvalue weighted by atomic mass is 9.99. The van der Waals surface area contributed by atoms with E-state index >= 15 is 0 Å². The number of fused-ring (bicyclic) bond motifs is 1. The van der Waals surface area contributed by atoms with Gasteiger partial charge in [-0.25, -0.2) is 8.42 Å². The van der Waals surface area contributed by atoms with E-state index in [4.69, 9.17) is 0 Å². The van der Waals surface area contributed by atoms with Gasteiger partial charge in [-0.05, 0) is 47.4 Å². The van der Waals surface area contributed by atoms with Crippen LogP contribution in [-0.4, -0.2) is 40.0 Å². The van der Waals surface area contributed by atoms with Gasteiger partial charge in [-0.2, -0.15) is 13.2 Å². The zero-order chi connectivity index (χ0) is 27.5. The lowest BCUT2D eigenvalue weighted by Crippen LogP contribution is -2.48. The Bertz CT molecular complexity index is 1440. The molecule has 11 heteroatoms. The molecule has 3 aromatic carbocycles. The molecule has 4 rings (SSSR count). The molecule has 0 radical (unpaired) electrons. The first-order chi connectivity index (χ1) is 18.0. The maximum absolute atomic E-state index is 13.7. The minimum atomic E-state index is -4.57. The maximum Gasteiger partial charge on any atom is 0.417 e. The average Bonchev–Trinajstić information content (AvgIpc) is 3.31. The molecule has 1 aliphatic heterocycles. The van der Waals surface area contributed by atoms with E-state index in [-0.39, 0.29) is 35.4 Å². The fraction of sp³-hybridized carbons (Fsp3) is 0.259. The normalized spacial score (nSPS) is 15.2. The van der Waals surface area contributed by atoms with E-state index < -0.39 is 39.7 Å². The number of benzene rings is 3. The van der Waals surface area contributed by atoms with E-state index in [1.165, 1.54) is 49.6 Å². The number of carbonyl (C=O) groups excluding carboxylic acids is 2. The summed E-state index contributed by atoms with van der Waals surface area (Å²) >= 11 is 0. The largest absolute Gasteiger partial charge is 0.469 e. The number of esters is 1. The number of hydrogen-bond donors (Lipinski definition) is 1. The predicted molar refractivity (Wildman–Crippen MR) is 135 cm³/mol. The van der Waals surface area contributed by atoms with Gasteiger partial charge in [-0.1, -0.05) is 48.5 Å². The number of anilines is 1. The van der Waals surface area contributed by atoms with Crippen molar-refractivity contribution in [2.45, 2.75) is 36.4 Å². The Hall–Kier alpha value is -3.86. The molecule has 0 saturated carbocycles. The number of nitrogens with one attached hydrogen (secondary N) is 1. The van der Waals surface area contributed by atoms with Crippen molar-refractivity contribution in [1.29, 1.82) is 0 Å². The number of ether oxygens (including phenoxy) is 1. The van der Waals surface area contributed by atoms with Crippen molar-refractivity contribution in [3.05, 3.63) is 83.9 Å². The number of para-hydroxylation sites is 1. The molecule has 1 heterocycles. The van der Waals surface area contributed by atoms with Crippen LogP contribution in [0.25, 0.3) is 11.1 Å². The summed E-state index contributed by atoms with van der Waals surface area (Å²) in [7, 11) is -2.99. The van der Waals surface area contributed by atoms with Crippen LogP contribution >= 0.6 is 0 Å². The summed E-state index contributed by atoms with van der Waals surface area (Å²) in [6, 6.07) is 15.9. The van der Waals surface area contributed by atoms with Crippen LogP contribution in [0.5, 0.6) is 0 Å². The quantitative estimate of drug-likeness (QED) is 0.330. The number of carbonyl (C=O) groups is 2. The lowest BCUT2D eigenvalue weighted by Gasteiger charge is -2.26. The maximum atomic E-state index is 13.7. The van der Waals surface area contributed by atoms with Crippen molar-refractivity contribution < 1.29 is 35.9 Å². The summed E-state index contributed by atoms with van der Waals surface area (Å²) in [4.78, 5) is 24.2. The highest BCUT2D eigenvalue weighted by molar-refractivity contribution is 7.93. The molecule has 3 aromatic rings. The molecule has 0 spiro atoms. The number of methoxy groups -OCH3 is 1. The average molecular weight is 547 g/mol. The second-order valence-electron chi connectivity index (χ2n) is 8.69. The van der Waals surface area contributed by atoms with Crippen molar-refractivity contribution in [3.8, 4) is 11.1 Å². The first-order valence-corrected chi connectivity index (χ1v) is 13.2. The van der Waals surface area contributed by atoms with Crippen molar-refractivity contribution in [2.75, 3.05) is 18.0 Å². The molecule has 1 amide bonds. The molecule has 0 aliphatic carbocycles. The van der Waals surface area contributed by atoms with Crippen molar-refractivity contribution in [2.24, 2.45) is 0 Å². The van der Waals surface area contributed by atoms with Crippen molar-refractivity contribution in [1.82, 2.24) is 5.32 Å². The Labute approximate surface area is 218 Å². The van der Waals surface area contributed by atoms with E-state index in [0.717, 1.165) is 10.4 Å². The second kappa shape index (κ2) is 10.9. The van der Waals surface area contributed by atoms with Crippen molar-refractivity contribution >= 4 is 27.6 Å². The third-order valence-corrected chi connectivity index (χ3v) is 8.10. The Morgan fingerprint density at radius 3 is 2.34 bits per heavy atom. The molecule has 0 bridgehead atoms. The number of rotatable bonds is 8. The molecule has 1 aliphatic rings. The van der Waals surface area contributed by atoms with Crippen LogP contribution in [0, 0.1) is 0 Å². The number of amides is 1. The number of sulfonamides is 1. The van der Waals surface area contributed by atoms with Crippen LogP contribution in [0.15, 0.2) is 77.7 Å². The molecule has 38 heavy (non-hydrogen) atoms. The molecule has 1 atom stereocenters. The third-order valence-electron chi connectivity index (χ3n) is 6.27. The zero-order valence-electron chi connectivity index (χ0n) is 20.4. The van der Waals surface area contributed by atoms with Crippen LogP contribution in [0.2, 0.25) is 0 Å². The third kappa shape index (κ3) is 5.52. The summed E-state index contributed by atoms with van der Waals surface area (Å²) in [6.07, 6.45) is -3.99. The Balaban J connectivity index is 1.62. The Morgan fingerprint density at radius 1 is 1.00 bits per heavy atom. The smallest absolute Gasteiger partial charge is 0.417 e. The zero-order valence-corrected chi connectivity index (χ0v) is 21.2. The standard InChI is InChI=1S/C27H25F3N2O5S/c1-37-25(33)11-6-16-31-26(34)24-17-19-7-2-5-10-23(19)32(24)38(35,36)20-14-12-18(13-15-20)21-8-3-4-9-22(21)27(28,29)30/h2-5,7-10,12-15,24H,6,11,16-17H2,1H3,(H,31,34)/t24-/m0/s1. The van der Waals surface area contributed by atoms with Crippen molar-refractivity contribution in [3.63, 3.8) is 0 Å². The fourth-order valence-corrected chi connectivity index (χ4v) is 6.07. The van der Waals surface area contributed by atoms with E-state index in [0.29, 0.717) is 17.7 Å². The number of nitrogens with zero attached hydrogens (tertiary/aromatic N) is 1. The van der Waals surface area contributed by atoms with Gasteiger partial charge in [-0.3, -0.25) is 13.9 Å². The monoisotopic (exact) mass is 546 g/mol. The minimum Gasteiger partial charge on any atom is -0.469 e.